The van der Waals surface area contributed by atoms with Crippen LogP contribution < -0.4 is 10.6 Å². The number of hydrogen-bond acceptors (Lipinski definition) is 3. The van der Waals surface area contributed by atoms with E-state index in [2.05, 4.69) is 42.8 Å². The molecule has 3 heteroatoms. The van der Waals surface area contributed by atoms with E-state index >= 15 is 0 Å². The van der Waals surface area contributed by atoms with Gasteiger partial charge >= 0.3 is 0 Å². The van der Waals surface area contributed by atoms with Gasteiger partial charge in [-0.15, -0.1) is 0 Å². The first-order valence-corrected chi connectivity index (χ1v) is 8.55. The Morgan fingerprint density at radius 3 is 2.71 bits per heavy atom. The molecule has 118 valence electrons. The van der Waals surface area contributed by atoms with Crippen molar-refractivity contribution in [3.8, 4) is 0 Å². The first-order valence-electron chi connectivity index (χ1n) is 8.55. The highest BCUT2D eigenvalue weighted by molar-refractivity contribution is 5.39. The standard InChI is InChI=1S/C18H31N3/c1-4-17(19)12-15-7-8-18(20-13-15)21-10-5-6-16(9-11-21)14(2)3/h7-8,13-14,16-17H,4-6,9-12,19H2,1-3H3. The van der Waals surface area contributed by atoms with E-state index in [4.69, 9.17) is 5.73 Å². The molecule has 2 heterocycles. The molecule has 2 N–H and O–H groups in total. The predicted octanol–water partition coefficient (Wildman–Crippen LogP) is 3.62. The van der Waals surface area contributed by atoms with Crippen molar-refractivity contribution >= 4 is 5.82 Å². The van der Waals surface area contributed by atoms with Crippen LogP contribution in [0.3, 0.4) is 0 Å². The second-order valence-electron chi connectivity index (χ2n) is 6.82. The van der Waals surface area contributed by atoms with Gasteiger partial charge in [-0.3, -0.25) is 0 Å². The van der Waals surface area contributed by atoms with Crippen LogP contribution in [-0.2, 0) is 6.42 Å². The Hall–Kier alpha value is -1.09. The summed E-state index contributed by atoms with van der Waals surface area (Å²) >= 11 is 0. The first-order chi connectivity index (χ1) is 10.1. The topological polar surface area (TPSA) is 42.1 Å². The molecule has 0 aliphatic carbocycles. The van der Waals surface area contributed by atoms with Gasteiger partial charge in [-0.25, -0.2) is 4.98 Å². The van der Waals surface area contributed by atoms with E-state index < -0.39 is 0 Å². The number of pyridine rings is 1. The molecule has 0 aromatic carbocycles. The highest BCUT2D eigenvalue weighted by atomic mass is 15.2. The van der Waals surface area contributed by atoms with E-state index in [-0.39, 0.29) is 6.04 Å². The molecule has 1 aromatic heterocycles. The van der Waals surface area contributed by atoms with Crippen molar-refractivity contribution in [2.45, 2.75) is 58.9 Å². The predicted molar refractivity (Wildman–Crippen MR) is 90.6 cm³/mol. The number of rotatable bonds is 5. The average molecular weight is 289 g/mol. The van der Waals surface area contributed by atoms with Crippen molar-refractivity contribution in [2.75, 3.05) is 18.0 Å². The van der Waals surface area contributed by atoms with E-state index in [1.165, 1.54) is 24.8 Å². The van der Waals surface area contributed by atoms with Crippen molar-refractivity contribution in [2.24, 2.45) is 17.6 Å². The zero-order valence-electron chi connectivity index (χ0n) is 13.9. The second kappa shape index (κ2) is 7.79. The number of nitrogens with zero attached hydrogens (tertiary/aromatic N) is 2. The molecule has 1 fully saturated rings. The zero-order valence-corrected chi connectivity index (χ0v) is 13.9. The Kier molecular flexibility index (Phi) is 6.04. The fraction of sp³-hybridized carbons (Fsp3) is 0.722. The maximum atomic E-state index is 6.01. The number of nitrogens with two attached hydrogens (primary N) is 1. The second-order valence-corrected chi connectivity index (χ2v) is 6.82. The Balaban J connectivity index is 1.95. The van der Waals surface area contributed by atoms with Gasteiger partial charge in [-0.2, -0.15) is 0 Å². The fourth-order valence-electron chi connectivity index (χ4n) is 3.19. The van der Waals surface area contributed by atoms with E-state index in [0.717, 1.165) is 43.6 Å². The van der Waals surface area contributed by atoms with Crippen LogP contribution in [0.4, 0.5) is 5.82 Å². The fourth-order valence-corrected chi connectivity index (χ4v) is 3.19. The number of anilines is 1. The molecule has 1 aliphatic heterocycles. The summed E-state index contributed by atoms with van der Waals surface area (Å²) in [7, 11) is 0. The Morgan fingerprint density at radius 2 is 2.10 bits per heavy atom. The summed E-state index contributed by atoms with van der Waals surface area (Å²) in [5.41, 5.74) is 7.26. The summed E-state index contributed by atoms with van der Waals surface area (Å²) < 4.78 is 0. The quantitative estimate of drug-likeness (QED) is 0.900. The molecule has 0 saturated carbocycles. The highest BCUT2D eigenvalue weighted by Crippen LogP contribution is 2.26. The highest BCUT2D eigenvalue weighted by Gasteiger charge is 2.20. The molecule has 3 nitrogen and oxygen atoms in total. The summed E-state index contributed by atoms with van der Waals surface area (Å²) in [4.78, 5) is 7.12. The molecule has 2 atom stereocenters. The van der Waals surface area contributed by atoms with Gasteiger partial charge in [-0.05, 0) is 55.6 Å². The van der Waals surface area contributed by atoms with Gasteiger partial charge in [0.05, 0.1) is 0 Å². The molecule has 1 saturated heterocycles. The SMILES string of the molecule is CCC(N)Cc1ccc(N2CCCC(C(C)C)CC2)nc1. The third kappa shape index (κ3) is 4.70. The summed E-state index contributed by atoms with van der Waals surface area (Å²) in [6.45, 7) is 9.12. The van der Waals surface area contributed by atoms with Crippen LogP contribution in [0.2, 0.25) is 0 Å². The molecule has 21 heavy (non-hydrogen) atoms. The van der Waals surface area contributed by atoms with E-state index in [1.54, 1.807) is 0 Å². The lowest BCUT2D eigenvalue weighted by atomic mass is 9.89. The lowest BCUT2D eigenvalue weighted by molar-refractivity contribution is 0.351. The van der Waals surface area contributed by atoms with Gasteiger partial charge < -0.3 is 10.6 Å². The lowest BCUT2D eigenvalue weighted by Crippen LogP contribution is -2.26. The van der Waals surface area contributed by atoms with Gasteiger partial charge in [0.25, 0.3) is 0 Å². The number of hydrogen-bond donors (Lipinski definition) is 1. The normalized spacial score (nSPS) is 21.4. The maximum absolute atomic E-state index is 6.01. The minimum atomic E-state index is 0.252. The largest absolute Gasteiger partial charge is 0.357 e. The van der Waals surface area contributed by atoms with Gasteiger partial charge in [0.2, 0.25) is 0 Å². The van der Waals surface area contributed by atoms with Crippen LogP contribution in [0.15, 0.2) is 18.3 Å². The van der Waals surface area contributed by atoms with Gasteiger partial charge in [0.1, 0.15) is 5.82 Å². The summed E-state index contributed by atoms with van der Waals surface area (Å²) in [6, 6.07) is 4.62. The summed E-state index contributed by atoms with van der Waals surface area (Å²) in [5, 5.41) is 0. The molecule has 1 aromatic rings. The molecule has 0 radical (unpaired) electrons. The summed E-state index contributed by atoms with van der Waals surface area (Å²) in [5.74, 6) is 2.81. The third-order valence-electron chi connectivity index (χ3n) is 4.87. The van der Waals surface area contributed by atoms with Gasteiger partial charge in [-0.1, -0.05) is 26.8 Å². The van der Waals surface area contributed by atoms with Crippen LogP contribution in [0, 0.1) is 11.8 Å². The molecule has 0 spiro atoms. The van der Waals surface area contributed by atoms with Gasteiger partial charge in [0.15, 0.2) is 0 Å². The molecular weight excluding hydrogens is 258 g/mol. The molecule has 2 rings (SSSR count). The molecule has 0 bridgehead atoms. The summed E-state index contributed by atoms with van der Waals surface area (Å²) in [6.07, 6.45) is 7.89. The maximum Gasteiger partial charge on any atom is 0.128 e. The van der Waals surface area contributed by atoms with Gasteiger partial charge in [0, 0.05) is 25.3 Å². The van der Waals surface area contributed by atoms with Crippen LogP contribution in [0.1, 0.15) is 52.0 Å². The Morgan fingerprint density at radius 1 is 1.29 bits per heavy atom. The van der Waals surface area contributed by atoms with Crippen molar-refractivity contribution in [1.82, 2.24) is 4.98 Å². The molecule has 1 aliphatic rings. The molecular formula is C18H31N3. The smallest absolute Gasteiger partial charge is 0.128 e. The van der Waals surface area contributed by atoms with Crippen LogP contribution in [-0.4, -0.2) is 24.1 Å². The monoisotopic (exact) mass is 289 g/mol. The van der Waals surface area contributed by atoms with E-state index in [1.807, 2.05) is 6.20 Å². The minimum absolute atomic E-state index is 0.252. The van der Waals surface area contributed by atoms with Crippen molar-refractivity contribution in [3.63, 3.8) is 0 Å². The van der Waals surface area contributed by atoms with Crippen LogP contribution in [0.5, 0.6) is 0 Å². The Labute approximate surface area is 129 Å². The first kappa shape index (κ1) is 16.3. The average Bonchev–Trinajstić information content (AvgIpc) is 2.74. The third-order valence-corrected chi connectivity index (χ3v) is 4.87. The zero-order chi connectivity index (χ0) is 15.2. The van der Waals surface area contributed by atoms with Crippen molar-refractivity contribution < 1.29 is 0 Å². The van der Waals surface area contributed by atoms with Crippen LogP contribution in [0.25, 0.3) is 0 Å². The minimum Gasteiger partial charge on any atom is -0.357 e. The lowest BCUT2D eigenvalue weighted by Gasteiger charge is -2.22. The van der Waals surface area contributed by atoms with Crippen LogP contribution >= 0.6 is 0 Å². The number of aromatic nitrogens is 1. The van der Waals surface area contributed by atoms with E-state index in [9.17, 15) is 0 Å². The molecule has 0 amide bonds. The van der Waals surface area contributed by atoms with Crippen molar-refractivity contribution in [1.29, 1.82) is 0 Å². The van der Waals surface area contributed by atoms with E-state index in [0.29, 0.717) is 0 Å². The molecule has 2 unspecified atom stereocenters. The Bertz CT molecular complexity index is 413. The van der Waals surface area contributed by atoms with Crippen molar-refractivity contribution in [3.05, 3.63) is 23.9 Å².